The summed E-state index contributed by atoms with van der Waals surface area (Å²) in [7, 11) is 0. The van der Waals surface area contributed by atoms with Gasteiger partial charge < -0.3 is 19.2 Å². The predicted molar refractivity (Wildman–Crippen MR) is 92.8 cm³/mol. The number of amides is 1. The number of rotatable bonds is 8. The third-order valence-corrected chi connectivity index (χ3v) is 3.28. The molecular formula is C19H21NO5. The van der Waals surface area contributed by atoms with E-state index in [4.69, 9.17) is 13.9 Å². The van der Waals surface area contributed by atoms with Crippen molar-refractivity contribution in [3.8, 4) is 5.75 Å². The monoisotopic (exact) mass is 343 g/mol. The maximum Gasteiger partial charge on any atom is 0.331 e. The standard InChI is InChI=1S/C19H21NO5/c1-3-23-16-9-6-15(7-10-16)8-11-18(21)25-14(2)19(22)20-13-17-5-4-12-24-17/h4-12,14H,3,13H2,1-2H3,(H,20,22)/b11-8+/t14-/m0/s1. The quantitative estimate of drug-likeness (QED) is 0.589. The van der Waals surface area contributed by atoms with Gasteiger partial charge in [-0.05, 0) is 49.8 Å². The Morgan fingerprint density at radius 1 is 1.24 bits per heavy atom. The van der Waals surface area contributed by atoms with Crippen LogP contribution in [0.4, 0.5) is 0 Å². The number of carbonyl (C=O) groups excluding carboxylic acids is 2. The molecule has 0 spiro atoms. The highest BCUT2D eigenvalue weighted by Gasteiger charge is 2.16. The Morgan fingerprint density at radius 3 is 2.64 bits per heavy atom. The Kier molecular flexibility index (Phi) is 6.83. The van der Waals surface area contributed by atoms with Crippen LogP contribution in [0.15, 0.2) is 53.2 Å². The SMILES string of the molecule is CCOc1ccc(/C=C/C(=O)O[C@@H](C)C(=O)NCc2ccco2)cc1. The van der Waals surface area contributed by atoms with Gasteiger partial charge in [0, 0.05) is 6.08 Å². The van der Waals surface area contributed by atoms with Crippen molar-refractivity contribution in [3.05, 3.63) is 60.1 Å². The summed E-state index contributed by atoms with van der Waals surface area (Å²) >= 11 is 0. The van der Waals surface area contributed by atoms with Crippen LogP contribution in [0.1, 0.15) is 25.2 Å². The van der Waals surface area contributed by atoms with Crippen LogP contribution in [0.2, 0.25) is 0 Å². The molecule has 6 heteroatoms. The highest BCUT2D eigenvalue weighted by Crippen LogP contribution is 2.13. The first-order chi connectivity index (χ1) is 12.1. The summed E-state index contributed by atoms with van der Waals surface area (Å²) < 4.78 is 15.5. The van der Waals surface area contributed by atoms with Crippen LogP contribution in [0.3, 0.4) is 0 Å². The highest BCUT2D eigenvalue weighted by molar-refractivity contribution is 5.90. The normalized spacial score (nSPS) is 11.9. The lowest BCUT2D eigenvalue weighted by Gasteiger charge is -2.11. The van der Waals surface area contributed by atoms with Crippen LogP contribution in [-0.2, 0) is 20.9 Å². The van der Waals surface area contributed by atoms with E-state index < -0.39 is 12.1 Å². The zero-order valence-corrected chi connectivity index (χ0v) is 14.2. The Labute approximate surface area is 146 Å². The zero-order valence-electron chi connectivity index (χ0n) is 14.2. The molecule has 1 N–H and O–H groups in total. The Bertz CT molecular complexity index is 704. The first kappa shape index (κ1) is 18.3. The zero-order chi connectivity index (χ0) is 18.1. The molecule has 1 atom stereocenters. The summed E-state index contributed by atoms with van der Waals surface area (Å²) in [6, 6.07) is 10.8. The molecule has 2 rings (SSSR count). The van der Waals surface area contributed by atoms with Crippen molar-refractivity contribution in [2.75, 3.05) is 6.61 Å². The molecule has 1 amide bonds. The molecule has 1 heterocycles. The van der Waals surface area contributed by atoms with Crippen molar-refractivity contribution in [1.82, 2.24) is 5.32 Å². The fourth-order valence-electron chi connectivity index (χ4n) is 2.00. The van der Waals surface area contributed by atoms with Gasteiger partial charge >= 0.3 is 5.97 Å². The van der Waals surface area contributed by atoms with Crippen LogP contribution in [-0.4, -0.2) is 24.6 Å². The Hall–Kier alpha value is -3.02. The molecule has 0 aliphatic heterocycles. The summed E-state index contributed by atoms with van der Waals surface area (Å²) in [5.74, 6) is 0.417. The Balaban J connectivity index is 1.78. The second-order valence-corrected chi connectivity index (χ2v) is 5.21. The number of carbonyl (C=O) groups is 2. The summed E-state index contributed by atoms with van der Waals surface area (Å²) in [5.41, 5.74) is 0.829. The first-order valence-electron chi connectivity index (χ1n) is 8.00. The van der Waals surface area contributed by atoms with Crippen molar-refractivity contribution < 1.29 is 23.5 Å². The molecule has 0 aliphatic carbocycles. The summed E-state index contributed by atoms with van der Waals surface area (Å²) in [5, 5.41) is 2.63. The number of ether oxygens (including phenoxy) is 2. The van der Waals surface area contributed by atoms with E-state index in [2.05, 4.69) is 5.32 Å². The van der Waals surface area contributed by atoms with E-state index in [1.807, 2.05) is 31.2 Å². The molecule has 6 nitrogen and oxygen atoms in total. The van der Waals surface area contributed by atoms with E-state index >= 15 is 0 Å². The lowest BCUT2D eigenvalue weighted by molar-refractivity contribution is -0.150. The van der Waals surface area contributed by atoms with E-state index in [9.17, 15) is 9.59 Å². The van der Waals surface area contributed by atoms with Gasteiger partial charge in [-0.25, -0.2) is 4.79 Å². The lowest BCUT2D eigenvalue weighted by Crippen LogP contribution is -2.35. The minimum atomic E-state index is -0.896. The molecule has 0 fully saturated rings. The van der Waals surface area contributed by atoms with E-state index in [1.165, 1.54) is 19.3 Å². The molecule has 132 valence electrons. The van der Waals surface area contributed by atoms with Gasteiger partial charge in [-0.15, -0.1) is 0 Å². The molecule has 1 aromatic carbocycles. The van der Waals surface area contributed by atoms with Crippen molar-refractivity contribution in [2.24, 2.45) is 0 Å². The number of benzene rings is 1. The van der Waals surface area contributed by atoms with Gasteiger partial charge in [-0.3, -0.25) is 4.79 Å². The Morgan fingerprint density at radius 2 is 2.00 bits per heavy atom. The maximum atomic E-state index is 11.9. The van der Waals surface area contributed by atoms with E-state index in [0.29, 0.717) is 12.4 Å². The van der Waals surface area contributed by atoms with Crippen LogP contribution in [0.5, 0.6) is 5.75 Å². The second-order valence-electron chi connectivity index (χ2n) is 5.21. The summed E-state index contributed by atoms with van der Waals surface area (Å²) in [6.07, 6.45) is 3.53. The van der Waals surface area contributed by atoms with Gasteiger partial charge in [0.05, 0.1) is 19.4 Å². The van der Waals surface area contributed by atoms with Gasteiger partial charge in [0.15, 0.2) is 6.10 Å². The van der Waals surface area contributed by atoms with Gasteiger partial charge in [0.25, 0.3) is 5.91 Å². The molecule has 0 unspecified atom stereocenters. The third kappa shape index (κ3) is 6.18. The molecule has 0 saturated heterocycles. The molecule has 0 aliphatic rings. The van der Waals surface area contributed by atoms with Crippen LogP contribution in [0.25, 0.3) is 6.08 Å². The van der Waals surface area contributed by atoms with E-state index in [1.54, 1.807) is 18.2 Å². The summed E-state index contributed by atoms with van der Waals surface area (Å²) in [4.78, 5) is 23.7. The minimum Gasteiger partial charge on any atom is -0.494 e. The van der Waals surface area contributed by atoms with Crippen molar-refractivity contribution >= 4 is 18.0 Å². The van der Waals surface area contributed by atoms with E-state index in [-0.39, 0.29) is 12.5 Å². The lowest BCUT2D eigenvalue weighted by atomic mass is 10.2. The molecule has 0 radical (unpaired) electrons. The van der Waals surface area contributed by atoms with Gasteiger partial charge in [-0.2, -0.15) is 0 Å². The number of furan rings is 1. The summed E-state index contributed by atoms with van der Waals surface area (Å²) in [6.45, 7) is 4.27. The second kappa shape index (κ2) is 9.32. The largest absolute Gasteiger partial charge is 0.494 e. The third-order valence-electron chi connectivity index (χ3n) is 3.28. The van der Waals surface area contributed by atoms with Crippen molar-refractivity contribution in [1.29, 1.82) is 0 Å². The molecule has 0 bridgehead atoms. The highest BCUT2D eigenvalue weighted by atomic mass is 16.5. The predicted octanol–water partition coefficient (Wildman–Crippen LogP) is 2.94. The van der Waals surface area contributed by atoms with E-state index in [0.717, 1.165) is 11.3 Å². The number of hydrogen-bond acceptors (Lipinski definition) is 5. The smallest absolute Gasteiger partial charge is 0.331 e. The first-order valence-corrected chi connectivity index (χ1v) is 8.00. The fourth-order valence-corrected chi connectivity index (χ4v) is 2.00. The maximum absolute atomic E-state index is 11.9. The van der Waals surface area contributed by atoms with Crippen molar-refractivity contribution in [3.63, 3.8) is 0 Å². The number of hydrogen-bond donors (Lipinski definition) is 1. The average molecular weight is 343 g/mol. The molecule has 2 aromatic rings. The van der Waals surface area contributed by atoms with Crippen molar-refractivity contribution in [2.45, 2.75) is 26.5 Å². The van der Waals surface area contributed by atoms with Gasteiger partial charge in [-0.1, -0.05) is 12.1 Å². The molecule has 25 heavy (non-hydrogen) atoms. The number of esters is 1. The van der Waals surface area contributed by atoms with Gasteiger partial charge in [0.2, 0.25) is 0 Å². The minimum absolute atomic E-state index is 0.246. The average Bonchev–Trinajstić information content (AvgIpc) is 3.13. The topological polar surface area (TPSA) is 77.8 Å². The fraction of sp³-hybridized carbons (Fsp3) is 0.263. The van der Waals surface area contributed by atoms with Crippen LogP contribution in [0, 0.1) is 0 Å². The number of nitrogens with one attached hydrogen (secondary N) is 1. The molecule has 0 saturated carbocycles. The molecular weight excluding hydrogens is 322 g/mol. The van der Waals surface area contributed by atoms with Gasteiger partial charge in [0.1, 0.15) is 11.5 Å². The molecule has 1 aromatic heterocycles. The van der Waals surface area contributed by atoms with Crippen LogP contribution >= 0.6 is 0 Å². The van der Waals surface area contributed by atoms with Crippen LogP contribution < -0.4 is 10.1 Å².